The molecule has 0 radical (unpaired) electrons. The number of fused-ring (bicyclic) bond motifs is 1. The minimum Gasteiger partial charge on any atom is -0.478 e. The Morgan fingerprint density at radius 1 is 0.963 bits per heavy atom. The van der Waals surface area contributed by atoms with E-state index in [1.807, 2.05) is 0 Å². The van der Waals surface area contributed by atoms with Crippen molar-refractivity contribution in [1.82, 2.24) is 9.97 Å². The van der Waals surface area contributed by atoms with Gasteiger partial charge in [-0.2, -0.15) is 0 Å². The molecule has 134 valence electrons. The molecular formula is C20H12Cl2N2O3. The van der Waals surface area contributed by atoms with Gasteiger partial charge in [-0.15, -0.1) is 0 Å². The molecule has 2 N–H and O–H groups in total. The van der Waals surface area contributed by atoms with Crippen LogP contribution >= 0.6 is 23.2 Å². The molecule has 1 aromatic heterocycles. The van der Waals surface area contributed by atoms with Crippen LogP contribution in [0.3, 0.4) is 0 Å². The molecule has 0 spiro atoms. The molecule has 0 aliphatic heterocycles. The maximum atomic E-state index is 11.1. The fourth-order valence-electron chi connectivity index (χ4n) is 2.66. The number of rotatable bonds is 4. The fourth-order valence-corrected chi connectivity index (χ4v) is 3.05. The quantitative estimate of drug-likeness (QED) is 0.440. The topological polar surface area (TPSA) is 75.2 Å². The molecule has 5 nitrogen and oxygen atoms in total. The first-order chi connectivity index (χ1) is 13.0. The molecule has 4 aromatic rings. The van der Waals surface area contributed by atoms with Gasteiger partial charge in [0.25, 0.3) is 0 Å². The van der Waals surface area contributed by atoms with Gasteiger partial charge in [0.15, 0.2) is 0 Å². The van der Waals surface area contributed by atoms with E-state index in [0.717, 1.165) is 0 Å². The smallest absolute Gasteiger partial charge is 0.335 e. The van der Waals surface area contributed by atoms with Crippen LogP contribution in [0, 0.1) is 0 Å². The number of aromatic nitrogens is 2. The van der Waals surface area contributed by atoms with Crippen LogP contribution < -0.4 is 4.74 Å². The standard InChI is InChI=1S/C20H12Cl2N2O3/c21-12-2-4-13(5-3-12)27-14-6-7-15(16(22)10-14)19-23-17-8-1-11(20(25)26)9-18(17)24-19/h1-10H,(H,23,24)(H,25,26). The number of carboxylic acids is 1. The van der Waals surface area contributed by atoms with Crippen molar-refractivity contribution in [2.45, 2.75) is 0 Å². The monoisotopic (exact) mass is 398 g/mol. The zero-order valence-electron chi connectivity index (χ0n) is 13.7. The molecular weight excluding hydrogens is 387 g/mol. The van der Waals surface area contributed by atoms with Crippen LogP contribution in [0.15, 0.2) is 60.7 Å². The van der Waals surface area contributed by atoms with Gasteiger partial charge in [-0.1, -0.05) is 23.2 Å². The predicted octanol–water partition coefficient (Wildman–Crippen LogP) is 6.03. The van der Waals surface area contributed by atoms with Gasteiger partial charge in [0, 0.05) is 16.7 Å². The number of aromatic carboxylic acids is 1. The normalized spacial score (nSPS) is 10.9. The molecule has 4 rings (SSSR count). The van der Waals surface area contributed by atoms with Gasteiger partial charge in [-0.05, 0) is 54.6 Å². The van der Waals surface area contributed by atoms with Gasteiger partial charge in [0.2, 0.25) is 0 Å². The second-order valence-electron chi connectivity index (χ2n) is 5.82. The van der Waals surface area contributed by atoms with Crippen molar-refractivity contribution >= 4 is 40.2 Å². The lowest BCUT2D eigenvalue weighted by Crippen LogP contribution is -1.94. The number of benzene rings is 3. The molecule has 0 amide bonds. The van der Waals surface area contributed by atoms with Crippen LogP contribution in [-0.2, 0) is 0 Å². The van der Waals surface area contributed by atoms with Gasteiger partial charge < -0.3 is 14.8 Å². The highest BCUT2D eigenvalue weighted by molar-refractivity contribution is 6.33. The molecule has 3 aromatic carbocycles. The third-order valence-electron chi connectivity index (χ3n) is 3.97. The average Bonchev–Trinajstić information content (AvgIpc) is 3.06. The zero-order valence-corrected chi connectivity index (χ0v) is 15.3. The summed E-state index contributed by atoms with van der Waals surface area (Å²) in [5, 5.41) is 10.2. The van der Waals surface area contributed by atoms with Crippen LogP contribution in [0.5, 0.6) is 11.5 Å². The first-order valence-electron chi connectivity index (χ1n) is 7.96. The largest absolute Gasteiger partial charge is 0.478 e. The number of nitrogens with one attached hydrogen (secondary N) is 1. The third kappa shape index (κ3) is 3.60. The summed E-state index contributed by atoms with van der Waals surface area (Å²) in [4.78, 5) is 18.7. The van der Waals surface area contributed by atoms with Gasteiger partial charge >= 0.3 is 5.97 Å². The Labute approximate surface area is 164 Å². The minimum atomic E-state index is -0.991. The van der Waals surface area contributed by atoms with Gasteiger partial charge in [-0.25, -0.2) is 9.78 Å². The Hall–Kier alpha value is -3.02. The highest BCUT2D eigenvalue weighted by Gasteiger charge is 2.12. The first-order valence-corrected chi connectivity index (χ1v) is 8.71. The number of H-pyrrole nitrogens is 1. The Morgan fingerprint density at radius 2 is 1.70 bits per heavy atom. The summed E-state index contributed by atoms with van der Waals surface area (Å²) in [5.41, 5.74) is 2.17. The maximum Gasteiger partial charge on any atom is 0.335 e. The van der Waals surface area contributed by atoms with Crippen molar-refractivity contribution in [2.75, 3.05) is 0 Å². The molecule has 7 heteroatoms. The van der Waals surface area contributed by atoms with E-state index < -0.39 is 5.97 Å². The minimum absolute atomic E-state index is 0.190. The van der Waals surface area contributed by atoms with Crippen LogP contribution in [-0.4, -0.2) is 21.0 Å². The number of carboxylic acid groups (broad SMARTS) is 1. The lowest BCUT2D eigenvalue weighted by Gasteiger charge is -2.08. The van der Waals surface area contributed by atoms with Crippen molar-refractivity contribution in [2.24, 2.45) is 0 Å². The Balaban J connectivity index is 1.65. The molecule has 0 aliphatic rings. The molecule has 0 fully saturated rings. The molecule has 1 heterocycles. The second kappa shape index (κ2) is 6.95. The molecule has 0 atom stereocenters. The second-order valence-corrected chi connectivity index (χ2v) is 6.66. The SMILES string of the molecule is O=C(O)c1ccc2nc(-c3ccc(Oc4ccc(Cl)cc4)cc3Cl)[nH]c2c1. The van der Waals surface area contributed by atoms with Crippen molar-refractivity contribution < 1.29 is 14.6 Å². The lowest BCUT2D eigenvalue weighted by molar-refractivity contribution is 0.0697. The van der Waals surface area contributed by atoms with Crippen LogP contribution in [0.2, 0.25) is 10.0 Å². The number of carbonyl (C=O) groups is 1. The molecule has 0 bridgehead atoms. The van der Waals surface area contributed by atoms with E-state index in [4.69, 9.17) is 33.0 Å². The Kier molecular flexibility index (Phi) is 4.48. The summed E-state index contributed by atoms with van der Waals surface area (Å²) in [6.07, 6.45) is 0. The van der Waals surface area contributed by atoms with Crippen LogP contribution in [0.4, 0.5) is 0 Å². The number of hydrogen-bond acceptors (Lipinski definition) is 3. The number of halogens is 2. The predicted molar refractivity (Wildman–Crippen MR) is 105 cm³/mol. The highest BCUT2D eigenvalue weighted by atomic mass is 35.5. The highest BCUT2D eigenvalue weighted by Crippen LogP contribution is 2.33. The fraction of sp³-hybridized carbons (Fsp3) is 0. The first kappa shape index (κ1) is 17.4. The Bertz CT molecular complexity index is 1150. The summed E-state index contributed by atoms with van der Waals surface area (Å²) < 4.78 is 5.77. The van der Waals surface area contributed by atoms with E-state index in [0.29, 0.717) is 44.0 Å². The van der Waals surface area contributed by atoms with Crippen LogP contribution in [0.1, 0.15) is 10.4 Å². The number of hydrogen-bond donors (Lipinski definition) is 2. The summed E-state index contributed by atoms with van der Waals surface area (Å²) in [6, 6.07) is 17.0. The maximum absolute atomic E-state index is 11.1. The summed E-state index contributed by atoms with van der Waals surface area (Å²) in [7, 11) is 0. The molecule has 0 unspecified atom stereocenters. The molecule has 27 heavy (non-hydrogen) atoms. The van der Waals surface area contributed by atoms with Crippen molar-refractivity contribution in [1.29, 1.82) is 0 Å². The lowest BCUT2D eigenvalue weighted by atomic mass is 10.2. The summed E-state index contributed by atoms with van der Waals surface area (Å²) >= 11 is 12.3. The van der Waals surface area contributed by atoms with Gasteiger partial charge in [0.05, 0.1) is 21.6 Å². The summed E-state index contributed by atoms with van der Waals surface area (Å²) in [5.74, 6) is 0.786. The Morgan fingerprint density at radius 3 is 2.41 bits per heavy atom. The number of ether oxygens (including phenoxy) is 1. The molecule has 0 saturated heterocycles. The number of imidazole rings is 1. The van der Waals surface area contributed by atoms with E-state index in [1.54, 1.807) is 54.6 Å². The van der Waals surface area contributed by atoms with Crippen molar-refractivity contribution in [3.05, 3.63) is 76.3 Å². The van der Waals surface area contributed by atoms with Crippen LogP contribution in [0.25, 0.3) is 22.4 Å². The van der Waals surface area contributed by atoms with Gasteiger partial charge in [0.1, 0.15) is 17.3 Å². The van der Waals surface area contributed by atoms with Gasteiger partial charge in [-0.3, -0.25) is 0 Å². The third-order valence-corrected chi connectivity index (χ3v) is 4.54. The average molecular weight is 399 g/mol. The zero-order chi connectivity index (χ0) is 19.0. The van der Waals surface area contributed by atoms with Crippen molar-refractivity contribution in [3.8, 4) is 22.9 Å². The number of aromatic amines is 1. The number of nitrogens with zero attached hydrogens (tertiary/aromatic N) is 1. The van der Waals surface area contributed by atoms with E-state index >= 15 is 0 Å². The van der Waals surface area contributed by atoms with E-state index in [2.05, 4.69) is 9.97 Å². The van der Waals surface area contributed by atoms with E-state index in [-0.39, 0.29) is 5.56 Å². The van der Waals surface area contributed by atoms with Crippen molar-refractivity contribution in [3.63, 3.8) is 0 Å². The van der Waals surface area contributed by atoms with E-state index in [1.165, 1.54) is 6.07 Å². The van der Waals surface area contributed by atoms with E-state index in [9.17, 15) is 4.79 Å². The summed E-state index contributed by atoms with van der Waals surface area (Å²) in [6.45, 7) is 0. The molecule has 0 saturated carbocycles. The molecule has 0 aliphatic carbocycles.